The van der Waals surface area contributed by atoms with Gasteiger partial charge in [0.05, 0.1) is 0 Å². The zero-order chi connectivity index (χ0) is 13.5. The molecule has 0 aliphatic carbocycles. The van der Waals surface area contributed by atoms with Crippen LogP contribution in [0, 0.1) is 6.92 Å². The molecule has 19 heavy (non-hydrogen) atoms. The summed E-state index contributed by atoms with van der Waals surface area (Å²) in [4.78, 5) is 2.53. The summed E-state index contributed by atoms with van der Waals surface area (Å²) < 4.78 is 6.07. The molecule has 0 bridgehead atoms. The molecular formula is C16H24N2O. The van der Waals surface area contributed by atoms with E-state index in [-0.39, 0.29) is 5.54 Å². The van der Waals surface area contributed by atoms with Crippen LogP contribution in [0.15, 0.2) is 18.2 Å². The maximum Gasteiger partial charge on any atom is 0.123 e. The zero-order valence-corrected chi connectivity index (χ0v) is 12.2. The van der Waals surface area contributed by atoms with Crippen LogP contribution in [0.1, 0.15) is 25.0 Å². The molecule has 1 N–H and O–H groups in total. The SMILES string of the molecule is Cc1ccc2c(c1)CC(CN1CCNC(C)(C)C1)O2. The van der Waals surface area contributed by atoms with Crippen molar-refractivity contribution in [1.29, 1.82) is 0 Å². The second-order valence-corrected chi connectivity index (χ2v) is 6.60. The summed E-state index contributed by atoms with van der Waals surface area (Å²) in [6.07, 6.45) is 1.38. The van der Waals surface area contributed by atoms with Gasteiger partial charge in [-0.05, 0) is 32.4 Å². The van der Waals surface area contributed by atoms with E-state index in [0.29, 0.717) is 6.10 Å². The van der Waals surface area contributed by atoms with Gasteiger partial charge in [-0.2, -0.15) is 0 Å². The molecule has 1 saturated heterocycles. The topological polar surface area (TPSA) is 24.5 Å². The van der Waals surface area contributed by atoms with Crippen molar-refractivity contribution in [3.05, 3.63) is 29.3 Å². The Morgan fingerprint density at radius 1 is 1.42 bits per heavy atom. The molecule has 2 aliphatic rings. The van der Waals surface area contributed by atoms with Crippen LogP contribution >= 0.6 is 0 Å². The number of aryl methyl sites for hydroxylation is 1. The molecule has 104 valence electrons. The third-order valence-electron chi connectivity index (χ3n) is 4.07. The van der Waals surface area contributed by atoms with Gasteiger partial charge in [0.15, 0.2) is 0 Å². The van der Waals surface area contributed by atoms with Crippen LogP contribution < -0.4 is 10.1 Å². The Labute approximate surface area is 115 Å². The minimum Gasteiger partial charge on any atom is -0.488 e. The van der Waals surface area contributed by atoms with Crippen molar-refractivity contribution in [3.8, 4) is 5.75 Å². The fourth-order valence-electron chi connectivity index (χ4n) is 3.24. The lowest BCUT2D eigenvalue weighted by Gasteiger charge is -2.39. The predicted octanol–water partition coefficient (Wildman–Crippen LogP) is 1.98. The first-order chi connectivity index (χ1) is 9.02. The maximum atomic E-state index is 6.07. The first-order valence-electron chi connectivity index (χ1n) is 7.25. The van der Waals surface area contributed by atoms with Crippen LogP contribution in [-0.4, -0.2) is 42.7 Å². The standard InChI is InChI=1S/C16H24N2O/c1-12-4-5-15-13(8-12)9-14(19-15)10-18-7-6-17-16(2,3)11-18/h4-5,8,14,17H,6-7,9-11H2,1-3H3. The highest BCUT2D eigenvalue weighted by Crippen LogP contribution is 2.30. The Hall–Kier alpha value is -1.06. The molecule has 0 spiro atoms. The molecule has 2 heterocycles. The van der Waals surface area contributed by atoms with Gasteiger partial charge in [-0.1, -0.05) is 17.7 Å². The van der Waals surface area contributed by atoms with Crippen LogP contribution in [0.4, 0.5) is 0 Å². The Bertz CT molecular complexity index is 470. The number of rotatable bonds is 2. The molecule has 0 saturated carbocycles. The van der Waals surface area contributed by atoms with E-state index in [2.05, 4.69) is 49.2 Å². The van der Waals surface area contributed by atoms with Gasteiger partial charge in [0.2, 0.25) is 0 Å². The monoisotopic (exact) mass is 260 g/mol. The smallest absolute Gasteiger partial charge is 0.123 e. The van der Waals surface area contributed by atoms with Gasteiger partial charge in [0, 0.05) is 38.1 Å². The average molecular weight is 260 g/mol. The van der Waals surface area contributed by atoms with Crippen molar-refractivity contribution in [1.82, 2.24) is 10.2 Å². The fraction of sp³-hybridized carbons (Fsp3) is 0.625. The normalized spacial score (nSPS) is 25.9. The van der Waals surface area contributed by atoms with Crippen molar-refractivity contribution >= 4 is 0 Å². The minimum atomic E-state index is 0.223. The van der Waals surface area contributed by atoms with Gasteiger partial charge < -0.3 is 10.1 Å². The summed E-state index contributed by atoms with van der Waals surface area (Å²) in [6.45, 7) is 11.0. The summed E-state index contributed by atoms with van der Waals surface area (Å²) >= 11 is 0. The van der Waals surface area contributed by atoms with E-state index >= 15 is 0 Å². The second-order valence-electron chi connectivity index (χ2n) is 6.60. The number of benzene rings is 1. The Morgan fingerprint density at radius 2 is 2.26 bits per heavy atom. The van der Waals surface area contributed by atoms with Gasteiger partial charge in [-0.15, -0.1) is 0 Å². The molecule has 0 aromatic heterocycles. The van der Waals surface area contributed by atoms with Crippen molar-refractivity contribution in [2.24, 2.45) is 0 Å². The molecule has 1 atom stereocenters. The molecule has 0 radical (unpaired) electrons. The van der Waals surface area contributed by atoms with Gasteiger partial charge in [-0.3, -0.25) is 4.90 Å². The summed E-state index contributed by atoms with van der Waals surface area (Å²) in [7, 11) is 0. The summed E-state index contributed by atoms with van der Waals surface area (Å²) in [5.41, 5.74) is 2.92. The summed E-state index contributed by atoms with van der Waals surface area (Å²) in [6, 6.07) is 6.51. The lowest BCUT2D eigenvalue weighted by molar-refractivity contribution is 0.101. The highest BCUT2D eigenvalue weighted by Gasteiger charge is 2.30. The average Bonchev–Trinajstić information content (AvgIpc) is 2.68. The number of fused-ring (bicyclic) bond motifs is 1. The number of hydrogen-bond donors (Lipinski definition) is 1. The number of piperazine rings is 1. The van der Waals surface area contributed by atoms with Crippen molar-refractivity contribution in [2.45, 2.75) is 38.8 Å². The van der Waals surface area contributed by atoms with Gasteiger partial charge in [-0.25, -0.2) is 0 Å². The van der Waals surface area contributed by atoms with E-state index in [1.807, 2.05) is 0 Å². The van der Waals surface area contributed by atoms with Crippen molar-refractivity contribution < 1.29 is 4.74 Å². The highest BCUT2D eigenvalue weighted by molar-refractivity contribution is 5.40. The van der Waals surface area contributed by atoms with Crippen molar-refractivity contribution in [3.63, 3.8) is 0 Å². The van der Waals surface area contributed by atoms with Gasteiger partial charge >= 0.3 is 0 Å². The molecule has 1 unspecified atom stereocenters. The summed E-state index contributed by atoms with van der Waals surface area (Å²) in [5.74, 6) is 1.09. The maximum absolute atomic E-state index is 6.07. The largest absolute Gasteiger partial charge is 0.488 e. The number of nitrogens with zero attached hydrogens (tertiary/aromatic N) is 1. The van der Waals surface area contributed by atoms with E-state index in [1.54, 1.807) is 0 Å². The van der Waals surface area contributed by atoms with Crippen molar-refractivity contribution in [2.75, 3.05) is 26.2 Å². The van der Waals surface area contributed by atoms with Crippen LogP contribution in [0.2, 0.25) is 0 Å². The predicted molar refractivity (Wildman–Crippen MR) is 77.8 cm³/mol. The van der Waals surface area contributed by atoms with E-state index < -0.39 is 0 Å². The molecule has 2 aliphatic heterocycles. The number of hydrogen-bond acceptors (Lipinski definition) is 3. The van der Waals surface area contributed by atoms with E-state index in [0.717, 1.165) is 38.3 Å². The first kappa shape index (κ1) is 12.9. The molecule has 3 heteroatoms. The molecule has 3 rings (SSSR count). The molecular weight excluding hydrogens is 236 g/mol. The van der Waals surface area contributed by atoms with E-state index in [9.17, 15) is 0 Å². The molecule has 0 amide bonds. The van der Waals surface area contributed by atoms with Crippen LogP contribution in [0.3, 0.4) is 0 Å². The highest BCUT2D eigenvalue weighted by atomic mass is 16.5. The second kappa shape index (κ2) is 4.80. The summed E-state index contributed by atoms with van der Waals surface area (Å²) in [5, 5.41) is 3.56. The number of nitrogens with one attached hydrogen (secondary N) is 1. The molecule has 1 aromatic carbocycles. The molecule has 1 fully saturated rings. The Balaban J connectivity index is 1.61. The first-order valence-corrected chi connectivity index (χ1v) is 7.25. The van der Waals surface area contributed by atoms with Crippen LogP contribution in [0.25, 0.3) is 0 Å². The fourth-order valence-corrected chi connectivity index (χ4v) is 3.24. The lowest BCUT2D eigenvalue weighted by atomic mass is 10.0. The van der Waals surface area contributed by atoms with Gasteiger partial charge in [0.1, 0.15) is 11.9 Å². The zero-order valence-electron chi connectivity index (χ0n) is 12.2. The van der Waals surface area contributed by atoms with E-state index in [4.69, 9.17) is 4.74 Å². The third-order valence-corrected chi connectivity index (χ3v) is 4.07. The van der Waals surface area contributed by atoms with E-state index in [1.165, 1.54) is 11.1 Å². The minimum absolute atomic E-state index is 0.223. The van der Waals surface area contributed by atoms with Crippen LogP contribution in [-0.2, 0) is 6.42 Å². The number of ether oxygens (including phenoxy) is 1. The molecule has 3 nitrogen and oxygen atoms in total. The van der Waals surface area contributed by atoms with Crippen LogP contribution in [0.5, 0.6) is 5.75 Å². The lowest BCUT2D eigenvalue weighted by Crippen LogP contribution is -2.58. The Morgan fingerprint density at radius 3 is 3.05 bits per heavy atom. The molecule has 1 aromatic rings. The quantitative estimate of drug-likeness (QED) is 0.880. The third kappa shape index (κ3) is 2.93. The Kier molecular flexibility index (Phi) is 3.27. The van der Waals surface area contributed by atoms with Gasteiger partial charge in [0.25, 0.3) is 0 Å².